The molecule has 67 valence electrons. The number of nitrogens with zero attached hydrogens (tertiary/aromatic N) is 1. The van der Waals surface area contributed by atoms with Gasteiger partial charge in [0.05, 0.1) is 0 Å². The number of rotatable bonds is 3. The molecule has 1 saturated heterocycles. The van der Waals surface area contributed by atoms with Crippen molar-refractivity contribution in [3.05, 3.63) is 30.3 Å². The van der Waals surface area contributed by atoms with Gasteiger partial charge in [0.25, 0.3) is 0 Å². The van der Waals surface area contributed by atoms with Crippen LogP contribution in [0.2, 0.25) is 0 Å². The normalized spacial score (nSPS) is 20.6. The fourth-order valence-corrected chi connectivity index (χ4v) is 1.25. The smallest absolute Gasteiger partial charge is 0.315 e. The summed E-state index contributed by atoms with van der Waals surface area (Å²) < 4.78 is 5.52. The monoisotopic (exact) mass is 176 g/mol. The molecule has 0 spiro atoms. The third-order valence-corrected chi connectivity index (χ3v) is 2.10. The maximum atomic E-state index is 10.3. The van der Waals surface area contributed by atoms with E-state index < -0.39 is 0 Å². The van der Waals surface area contributed by atoms with Crippen LogP contribution in [0.15, 0.2) is 30.3 Å². The molecule has 1 amide bonds. The predicted octanol–water partition coefficient (Wildman–Crippen LogP) is 1.16. The van der Waals surface area contributed by atoms with E-state index in [1.165, 1.54) is 4.90 Å². The third-order valence-electron chi connectivity index (χ3n) is 2.10. The van der Waals surface area contributed by atoms with Crippen LogP contribution in [0.4, 0.5) is 0 Å². The van der Waals surface area contributed by atoms with Crippen molar-refractivity contribution in [3.8, 4) is 5.75 Å². The average Bonchev–Trinajstić information content (AvgIpc) is 2.15. The molecule has 3 heteroatoms. The van der Waals surface area contributed by atoms with Gasteiger partial charge < -0.3 is 4.74 Å². The zero-order valence-electron chi connectivity index (χ0n) is 7.14. The molecule has 13 heavy (non-hydrogen) atoms. The average molecular weight is 176 g/mol. The number of benzene rings is 1. The summed E-state index contributed by atoms with van der Waals surface area (Å²) in [5, 5.41) is 0. The molecule has 0 saturated carbocycles. The summed E-state index contributed by atoms with van der Waals surface area (Å²) in [5.41, 5.74) is 0. The van der Waals surface area contributed by atoms with Crippen molar-refractivity contribution in [2.75, 3.05) is 6.54 Å². The maximum absolute atomic E-state index is 10.3. The fraction of sp³-hybridized carbons (Fsp3) is 0.300. The quantitative estimate of drug-likeness (QED) is 0.691. The van der Waals surface area contributed by atoms with Crippen LogP contribution in [0.25, 0.3) is 0 Å². The molecular weight excluding hydrogens is 166 g/mol. The van der Waals surface area contributed by atoms with Crippen molar-refractivity contribution in [2.24, 2.45) is 0 Å². The van der Waals surface area contributed by atoms with Gasteiger partial charge in [0, 0.05) is 13.0 Å². The molecule has 0 N–H and O–H groups in total. The Morgan fingerprint density at radius 3 is 2.69 bits per heavy atom. The standard InChI is InChI=1S/C10H10NO2/c12-8-11-7-6-10(11)13-9-4-2-1-3-5-9/h1-5,10H,6-7H2. The van der Waals surface area contributed by atoms with Gasteiger partial charge in [0.15, 0.2) is 6.23 Å². The van der Waals surface area contributed by atoms with Crippen LogP contribution in [0.1, 0.15) is 6.42 Å². The van der Waals surface area contributed by atoms with E-state index in [1.807, 2.05) is 36.7 Å². The Labute approximate surface area is 76.9 Å². The molecule has 1 aromatic rings. The molecule has 1 aliphatic heterocycles. The van der Waals surface area contributed by atoms with Crippen LogP contribution < -0.4 is 4.74 Å². The SMILES string of the molecule is O=[C]N1CCC1Oc1ccccc1. The Morgan fingerprint density at radius 2 is 2.15 bits per heavy atom. The second-order valence-electron chi connectivity index (χ2n) is 2.96. The number of hydrogen-bond donors (Lipinski definition) is 0. The summed E-state index contributed by atoms with van der Waals surface area (Å²) in [7, 11) is 0. The summed E-state index contributed by atoms with van der Waals surface area (Å²) >= 11 is 0. The lowest BCUT2D eigenvalue weighted by molar-refractivity contribution is -0.00320. The van der Waals surface area contributed by atoms with Crippen molar-refractivity contribution in [2.45, 2.75) is 12.6 Å². The molecule has 1 fully saturated rings. The summed E-state index contributed by atoms with van der Waals surface area (Å²) in [6.45, 7) is 0.751. The van der Waals surface area contributed by atoms with Crippen LogP contribution in [-0.4, -0.2) is 24.1 Å². The fourth-order valence-electron chi connectivity index (χ4n) is 1.25. The minimum absolute atomic E-state index is 0.111. The van der Waals surface area contributed by atoms with E-state index in [9.17, 15) is 4.79 Å². The molecule has 0 bridgehead atoms. The second-order valence-corrected chi connectivity index (χ2v) is 2.96. The highest BCUT2D eigenvalue weighted by Crippen LogP contribution is 2.20. The van der Waals surface area contributed by atoms with Gasteiger partial charge in [-0.25, -0.2) is 0 Å². The van der Waals surface area contributed by atoms with Crippen molar-refractivity contribution >= 4 is 6.41 Å². The minimum Gasteiger partial charge on any atom is -0.470 e. The van der Waals surface area contributed by atoms with Gasteiger partial charge in [0.1, 0.15) is 5.75 Å². The Balaban J connectivity index is 1.95. The second kappa shape index (κ2) is 3.47. The molecule has 3 nitrogen and oxygen atoms in total. The van der Waals surface area contributed by atoms with E-state index in [0.717, 1.165) is 18.7 Å². The molecule has 1 heterocycles. The zero-order valence-corrected chi connectivity index (χ0v) is 7.14. The predicted molar refractivity (Wildman–Crippen MR) is 47.9 cm³/mol. The van der Waals surface area contributed by atoms with Gasteiger partial charge >= 0.3 is 6.41 Å². The lowest BCUT2D eigenvalue weighted by Gasteiger charge is -2.36. The molecule has 1 aliphatic rings. The molecule has 1 atom stereocenters. The van der Waals surface area contributed by atoms with Crippen LogP contribution in [0, 0.1) is 0 Å². The van der Waals surface area contributed by atoms with E-state index in [-0.39, 0.29) is 6.23 Å². The maximum Gasteiger partial charge on any atom is 0.315 e. The van der Waals surface area contributed by atoms with E-state index in [4.69, 9.17) is 4.74 Å². The van der Waals surface area contributed by atoms with E-state index >= 15 is 0 Å². The van der Waals surface area contributed by atoms with Crippen LogP contribution in [0.3, 0.4) is 0 Å². The molecule has 1 radical (unpaired) electrons. The number of amides is 1. The number of ether oxygens (including phenoxy) is 1. The Kier molecular flexibility index (Phi) is 2.17. The van der Waals surface area contributed by atoms with E-state index in [1.54, 1.807) is 0 Å². The first-order chi connectivity index (χ1) is 6.40. The van der Waals surface area contributed by atoms with E-state index in [0.29, 0.717) is 0 Å². The lowest BCUT2D eigenvalue weighted by atomic mass is 10.2. The Bertz CT molecular complexity index is 286. The summed E-state index contributed by atoms with van der Waals surface area (Å²) in [6.07, 6.45) is 2.61. The highest BCUT2D eigenvalue weighted by molar-refractivity contribution is 5.50. The number of hydrogen-bond acceptors (Lipinski definition) is 2. The highest BCUT2D eigenvalue weighted by atomic mass is 16.5. The van der Waals surface area contributed by atoms with Gasteiger partial charge in [-0.2, -0.15) is 0 Å². The van der Waals surface area contributed by atoms with Crippen LogP contribution >= 0.6 is 0 Å². The van der Waals surface area contributed by atoms with Crippen molar-refractivity contribution in [1.82, 2.24) is 4.90 Å². The van der Waals surface area contributed by atoms with Gasteiger partial charge in [-0.05, 0) is 12.1 Å². The Morgan fingerprint density at radius 1 is 1.38 bits per heavy atom. The van der Waals surface area contributed by atoms with Crippen molar-refractivity contribution in [3.63, 3.8) is 0 Å². The zero-order chi connectivity index (χ0) is 9.10. The number of likely N-dealkylation sites (tertiary alicyclic amines) is 1. The van der Waals surface area contributed by atoms with Gasteiger partial charge in [-0.3, -0.25) is 9.69 Å². The molecule has 2 rings (SSSR count). The first-order valence-corrected chi connectivity index (χ1v) is 4.26. The summed E-state index contributed by atoms with van der Waals surface area (Å²) in [5.74, 6) is 0.799. The van der Waals surface area contributed by atoms with Crippen LogP contribution in [-0.2, 0) is 4.79 Å². The number of carbonyl (C=O) groups excluding carboxylic acids is 1. The highest BCUT2D eigenvalue weighted by Gasteiger charge is 2.28. The largest absolute Gasteiger partial charge is 0.470 e. The molecular formula is C10H10NO2. The topological polar surface area (TPSA) is 29.5 Å². The molecule has 1 unspecified atom stereocenters. The lowest BCUT2D eigenvalue weighted by Crippen LogP contribution is -2.50. The summed E-state index contributed by atoms with van der Waals surface area (Å²) in [4.78, 5) is 11.8. The third kappa shape index (κ3) is 1.64. The minimum atomic E-state index is -0.111. The first-order valence-electron chi connectivity index (χ1n) is 4.26. The van der Waals surface area contributed by atoms with Gasteiger partial charge in [-0.15, -0.1) is 0 Å². The molecule has 0 aliphatic carbocycles. The van der Waals surface area contributed by atoms with Crippen molar-refractivity contribution < 1.29 is 9.53 Å². The van der Waals surface area contributed by atoms with Gasteiger partial charge in [0.2, 0.25) is 0 Å². The Hall–Kier alpha value is -1.51. The summed E-state index contributed by atoms with van der Waals surface area (Å²) in [6, 6.07) is 9.49. The number of para-hydroxylation sites is 1. The van der Waals surface area contributed by atoms with Crippen molar-refractivity contribution in [1.29, 1.82) is 0 Å². The first kappa shape index (κ1) is 8.10. The van der Waals surface area contributed by atoms with Crippen LogP contribution in [0.5, 0.6) is 5.75 Å². The molecule has 1 aromatic carbocycles. The van der Waals surface area contributed by atoms with E-state index in [2.05, 4.69) is 0 Å². The molecule has 0 aromatic heterocycles. The van der Waals surface area contributed by atoms with Gasteiger partial charge in [-0.1, -0.05) is 18.2 Å².